The lowest BCUT2D eigenvalue weighted by molar-refractivity contribution is -0.150. The molecule has 0 aromatic carbocycles. The predicted molar refractivity (Wildman–Crippen MR) is 53.7 cm³/mol. The van der Waals surface area contributed by atoms with Crippen LogP contribution in [-0.2, 0) is 14.3 Å². The van der Waals surface area contributed by atoms with Crippen LogP contribution in [0.15, 0.2) is 0 Å². The number of ether oxygens (including phenoxy) is 1. The average Bonchev–Trinajstić information content (AvgIpc) is 2.11. The van der Waals surface area contributed by atoms with Crippen LogP contribution in [0.3, 0.4) is 0 Å². The highest BCUT2D eigenvalue weighted by Gasteiger charge is 2.27. The van der Waals surface area contributed by atoms with Crippen LogP contribution in [0.1, 0.15) is 27.7 Å². The normalized spacial score (nSPS) is 10.9. The third kappa shape index (κ3) is 3.77. The van der Waals surface area contributed by atoms with E-state index in [0.717, 1.165) is 0 Å². The summed E-state index contributed by atoms with van der Waals surface area (Å²) in [4.78, 5) is 24.3. The van der Waals surface area contributed by atoms with Gasteiger partial charge in [0.25, 0.3) is 0 Å². The molecule has 0 aromatic rings. The first kappa shape index (κ1) is 12.9. The van der Waals surface area contributed by atoms with Crippen LogP contribution in [-0.4, -0.2) is 37.0 Å². The second-order valence-corrected chi connectivity index (χ2v) is 4.15. The van der Waals surface area contributed by atoms with Crippen molar-refractivity contribution >= 4 is 11.9 Å². The largest absolute Gasteiger partial charge is 0.468 e. The maximum Gasteiger partial charge on any atom is 0.325 e. The molecular weight excluding hydrogens is 182 g/mol. The Balaban J connectivity index is 4.42. The summed E-state index contributed by atoms with van der Waals surface area (Å²) in [7, 11) is 1.32. The van der Waals surface area contributed by atoms with Gasteiger partial charge in [-0.05, 0) is 6.92 Å². The van der Waals surface area contributed by atoms with E-state index in [1.165, 1.54) is 12.0 Å². The zero-order chi connectivity index (χ0) is 11.4. The number of carbonyl (C=O) groups excluding carboxylic acids is 2. The van der Waals surface area contributed by atoms with Gasteiger partial charge in [-0.3, -0.25) is 9.59 Å². The first-order valence-electron chi connectivity index (χ1n) is 4.69. The summed E-state index contributed by atoms with van der Waals surface area (Å²) in [6, 6.07) is 0. The van der Waals surface area contributed by atoms with Crippen molar-refractivity contribution in [3.63, 3.8) is 0 Å². The Bertz CT molecular complexity index is 218. The molecule has 0 bridgehead atoms. The lowest BCUT2D eigenvalue weighted by atomic mass is 9.95. The van der Waals surface area contributed by atoms with Crippen molar-refractivity contribution < 1.29 is 14.3 Å². The molecule has 0 N–H and O–H groups in total. The maximum absolute atomic E-state index is 11.8. The Morgan fingerprint density at radius 2 is 1.79 bits per heavy atom. The minimum absolute atomic E-state index is 0.0309. The summed E-state index contributed by atoms with van der Waals surface area (Å²) in [5.41, 5.74) is -0.454. The predicted octanol–water partition coefficient (Wildman–Crippen LogP) is 1.05. The number of methoxy groups -OCH3 is 1. The van der Waals surface area contributed by atoms with Crippen molar-refractivity contribution in [2.24, 2.45) is 5.41 Å². The molecule has 0 aromatic heterocycles. The topological polar surface area (TPSA) is 46.6 Å². The Labute approximate surface area is 85.2 Å². The van der Waals surface area contributed by atoms with Gasteiger partial charge in [0.1, 0.15) is 6.54 Å². The molecule has 0 atom stereocenters. The van der Waals surface area contributed by atoms with Gasteiger partial charge in [0, 0.05) is 12.0 Å². The Hall–Kier alpha value is -1.06. The molecular formula is C10H19NO3. The van der Waals surface area contributed by atoms with Crippen LogP contribution in [0.4, 0.5) is 0 Å². The summed E-state index contributed by atoms with van der Waals surface area (Å²) in [6.45, 7) is 7.88. The Kier molecular flexibility index (Phi) is 4.60. The van der Waals surface area contributed by atoms with E-state index in [4.69, 9.17) is 0 Å². The highest BCUT2D eigenvalue weighted by Crippen LogP contribution is 2.16. The molecule has 0 spiro atoms. The van der Waals surface area contributed by atoms with Crippen LogP contribution < -0.4 is 0 Å². The van der Waals surface area contributed by atoms with Gasteiger partial charge in [0.05, 0.1) is 7.11 Å². The smallest absolute Gasteiger partial charge is 0.325 e. The zero-order valence-electron chi connectivity index (χ0n) is 9.59. The second-order valence-electron chi connectivity index (χ2n) is 4.15. The minimum Gasteiger partial charge on any atom is -0.468 e. The van der Waals surface area contributed by atoms with Gasteiger partial charge in [-0.15, -0.1) is 0 Å². The number of hydrogen-bond donors (Lipinski definition) is 0. The Morgan fingerprint density at radius 3 is 2.07 bits per heavy atom. The lowest BCUT2D eigenvalue weighted by Crippen LogP contribution is -2.42. The molecule has 4 heteroatoms. The number of likely N-dealkylation sites (N-methyl/N-ethyl adjacent to an activating group) is 1. The summed E-state index contributed by atoms with van der Waals surface area (Å²) < 4.78 is 4.51. The fourth-order valence-corrected chi connectivity index (χ4v) is 1.02. The quantitative estimate of drug-likeness (QED) is 0.641. The van der Waals surface area contributed by atoms with Crippen molar-refractivity contribution in [3.05, 3.63) is 0 Å². The van der Waals surface area contributed by atoms with Crippen molar-refractivity contribution in [1.82, 2.24) is 4.90 Å². The van der Waals surface area contributed by atoms with E-state index in [1.807, 2.05) is 27.7 Å². The van der Waals surface area contributed by atoms with Gasteiger partial charge in [-0.25, -0.2) is 0 Å². The van der Waals surface area contributed by atoms with Gasteiger partial charge in [-0.1, -0.05) is 20.8 Å². The Morgan fingerprint density at radius 1 is 1.29 bits per heavy atom. The lowest BCUT2D eigenvalue weighted by Gasteiger charge is -2.27. The summed E-state index contributed by atoms with van der Waals surface area (Å²) in [5.74, 6) is -0.421. The molecule has 0 unspecified atom stereocenters. The van der Waals surface area contributed by atoms with Crippen molar-refractivity contribution in [1.29, 1.82) is 0 Å². The summed E-state index contributed by atoms with van der Waals surface area (Å²) in [6.07, 6.45) is 0. The fraction of sp³-hybridized carbons (Fsp3) is 0.800. The first-order chi connectivity index (χ1) is 6.32. The molecule has 14 heavy (non-hydrogen) atoms. The molecule has 0 radical (unpaired) electrons. The fourth-order valence-electron chi connectivity index (χ4n) is 1.02. The zero-order valence-corrected chi connectivity index (χ0v) is 9.59. The van der Waals surface area contributed by atoms with Crippen LogP contribution >= 0.6 is 0 Å². The molecule has 0 aliphatic carbocycles. The number of rotatable bonds is 3. The standard InChI is InChI=1S/C10H19NO3/c1-6-11(7-8(12)14-5)9(13)10(2,3)4/h6-7H2,1-5H3. The highest BCUT2D eigenvalue weighted by molar-refractivity contribution is 5.85. The molecule has 0 aliphatic heterocycles. The van der Waals surface area contributed by atoms with E-state index < -0.39 is 5.41 Å². The molecule has 0 fully saturated rings. The molecule has 82 valence electrons. The van der Waals surface area contributed by atoms with Gasteiger partial charge >= 0.3 is 5.97 Å². The van der Waals surface area contributed by atoms with Crippen molar-refractivity contribution in [2.45, 2.75) is 27.7 Å². The molecule has 1 amide bonds. The number of nitrogens with zero attached hydrogens (tertiary/aromatic N) is 1. The molecule has 0 rings (SSSR count). The van der Waals surface area contributed by atoms with Crippen molar-refractivity contribution in [3.8, 4) is 0 Å². The maximum atomic E-state index is 11.8. The summed E-state index contributed by atoms with van der Waals surface area (Å²) in [5, 5.41) is 0. The van der Waals surface area contributed by atoms with E-state index in [0.29, 0.717) is 6.54 Å². The van der Waals surface area contributed by atoms with E-state index in [9.17, 15) is 9.59 Å². The van der Waals surface area contributed by atoms with Gasteiger partial charge in [-0.2, -0.15) is 0 Å². The molecule has 4 nitrogen and oxygen atoms in total. The van der Waals surface area contributed by atoms with Crippen LogP contribution in [0.25, 0.3) is 0 Å². The molecule has 0 saturated heterocycles. The van der Waals surface area contributed by atoms with E-state index >= 15 is 0 Å². The summed E-state index contributed by atoms with van der Waals surface area (Å²) >= 11 is 0. The van der Waals surface area contributed by atoms with Gasteiger partial charge in [0.15, 0.2) is 0 Å². The van der Waals surface area contributed by atoms with Crippen molar-refractivity contribution in [2.75, 3.05) is 20.2 Å². The monoisotopic (exact) mass is 201 g/mol. The molecule has 0 aliphatic rings. The highest BCUT2D eigenvalue weighted by atomic mass is 16.5. The first-order valence-corrected chi connectivity index (χ1v) is 4.69. The van der Waals surface area contributed by atoms with Crippen LogP contribution in [0, 0.1) is 5.41 Å². The van der Waals surface area contributed by atoms with Crippen LogP contribution in [0.5, 0.6) is 0 Å². The van der Waals surface area contributed by atoms with E-state index in [-0.39, 0.29) is 18.4 Å². The number of carbonyl (C=O) groups is 2. The second kappa shape index (κ2) is 4.98. The van der Waals surface area contributed by atoms with Gasteiger partial charge in [0.2, 0.25) is 5.91 Å². The number of amides is 1. The minimum atomic E-state index is -0.454. The molecule has 0 saturated carbocycles. The third-order valence-corrected chi connectivity index (χ3v) is 1.86. The third-order valence-electron chi connectivity index (χ3n) is 1.86. The van der Waals surface area contributed by atoms with E-state index in [2.05, 4.69) is 4.74 Å². The SMILES string of the molecule is CCN(CC(=O)OC)C(=O)C(C)(C)C. The number of hydrogen-bond acceptors (Lipinski definition) is 3. The number of esters is 1. The van der Waals surface area contributed by atoms with Crippen LogP contribution in [0.2, 0.25) is 0 Å². The average molecular weight is 201 g/mol. The molecule has 0 heterocycles. The van der Waals surface area contributed by atoms with Gasteiger partial charge < -0.3 is 9.64 Å². The van der Waals surface area contributed by atoms with E-state index in [1.54, 1.807) is 0 Å².